The quantitative estimate of drug-likeness (QED) is 0.452. The van der Waals surface area contributed by atoms with Crippen molar-refractivity contribution < 1.29 is 19.5 Å². The van der Waals surface area contributed by atoms with Gasteiger partial charge in [-0.15, -0.1) is 0 Å². The summed E-state index contributed by atoms with van der Waals surface area (Å²) in [4.78, 5) is 37.1. The van der Waals surface area contributed by atoms with E-state index < -0.39 is 29.5 Å². The Kier molecular flexibility index (Phi) is 8.68. The van der Waals surface area contributed by atoms with E-state index in [9.17, 15) is 19.5 Å². The van der Waals surface area contributed by atoms with Gasteiger partial charge < -0.3 is 21.1 Å². The number of carbonyl (C=O) groups is 3. The highest BCUT2D eigenvalue weighted by Crippen LogP contribution is 2.27. The number of hydrogen-bond acceptors (Lipinski definition) is 3. The Morgan fingerprint density at radius 2 is 1.62 bits per heavy atom. The van der Waals surface area contributed by atoms with E-state index in [1.807, 2.05) is 34.6 Å². The summed E-state index contributed by atoms with van der Waals surface area (Å²) in [5.74, 6) is -1.50. The second-order valence-corrected chi connectivity index (χ2v) is 10.1. The van der Waals surface area contributed by atoms with E-state index >= 15 is 0 Å². The number of hydrogen-bond donors (Lipinski definition) is 4. The summed E-state index contributed by atoms with van der Waals surface area (Å²) in [5.41, 5.74) is -1.16. The lowest BCUT2D eigenvalue weighted by Gasteiger charge is -2.34. The van der Waals surface area contributed by atoms with Crippen molar-refractivity contribution in [2.24, 2.45) is 11.3 Å². The van der Waals surface area contributed by atoms with Gasteiger partial charge in [0.15, 0.2) is 0 Å². The first kappa shape index (κ1) is 24.9. The van der Waals surface area contributed by atoms with Crippen LogP contribution < -0.4 is 16.0 Å². The van der Waals surface area contributed by atoms with Crippen LogP contribution in [0.3, 0.4) is 0 Å². The van der Waals surface area contributed by atoms with Crippen molar-refractivity contribution in [3.63, 3.8) is 0 Å². The maximum absolute atomic E-state index is 12.9. The molecule has 1 aromatic carbocycles. The van der Waals surface area contributed by atoms with Gasteiger partial charge in [0.05, 0.1) is 0 Å². The first-order valence-electron chi connectivity index (χ1n) is 9.60. The summed E-state index contributed by atoms with van der Waals surface area (Å²) in [5, 5.41) is 17.7. The molecule has 0 radical (unpaired) electrons. The third-order valence-electron chi connectivity index (χ3n) is 4.19. The minimum Gasteiger partial charge on any atom is -0.480 e. The van der Waals surface area contributed by atoms with Crippen LogP contribution in [0.1, 0.15) is 54.4 Å². The molecule has 0 aromatic heterocycles. The van der Waals surface area contributed by atoms with Crippen LogP contribution in [0.5, 0.6) is 0 Å². The van der Waals surface area contributed by atoms with Crippen molar-refractivity contribution >= 4 is 39.5 Å². The Hall–Kier alpha value is -2.09. The van der Waals surface area contributed by atoms with E-state index in [1.165, 1.54) is 6.92 Å². The molecule has 0 saturated heterocycles. The molecule has 1 unspecified atom stereocenters. The van der Waals surface area contributed by atoms with Gasteiger partial charge in [-0.2, -0.15) is 0 Å². The van der Waals surface area contributed by atoms with Crippen LogP contribution in [0, 0.1) is 11.3 Å². The molecule has 162 valence electrons. The molecule has 0 saturated carbocycles. The number of aliphatic carboxylic acids is 1. The van der Waals surface area contributed by atoms with Gasteiger partial charge in [-0.25, -0.2) is 9.59 Å². The Balaban J connectivity index is 2.92. The van der Waals surface area contributed by atoms with E-state index in [-0.39, 0.29) is 17.8 Å². The number of amides is 3. The molecule has 8 heteroatoms. The van der Waals surface area contributed by atoms with Crippen LogP contribution in [0.4, 0.5) is 10.5 Å². The summed E-state index contributed by atoms with van der Waals surface area (Å²) in [7, 11) is 0. The van der Waals surface area contributed by atoms with Crippen LogP contribution in [0.15, 0.2) is 28.7 Å². The van der Waals surface area contributed by atoms with E-state index in [4.69, 9.17) is 0 Å². The molecule has 0 aliphatic heterocycles. The molecule has 1 rings (SSSR count). The highest BCUT2D eigenvalue weighted by Gasteiger charge is 2.40. The second kappa shape index (κ2) is 10.1. The number of benzene rings is 1. The van der Waals surface area contributed by atoms with Gasteiger partial charge in [0.25, 0.3) is 0 Å². The highest BCUT2D eigenvalue weighted by molar-refractivity contribution is 9.10. The van der Waals surface area contributed by atoms with Crippen LogP contribution >= 0.6 is 15.9 Å². The molecule has 0 spiro atoms. The van der Waals surface area contributed by atoms with E-state index in [0.717, 1.165) is 4.47 Å². The van der Waals surface area contributed by atoms with Crippen molar-refractivity contribution in [3.8, 4) is 0 Å². The van der Waals surface area contributed by atoms with Crippen LogP contribution in [0.2, 0.25) is 0 Å². The van der Waals surface area contributed by atoms with Gasteiger partial charge in [0, 0.05) is 10.2 Å². The minimum absolute atomic E-state index is 0.123. The average Bonchev–Trinajstić information content (AvgIpc) is 2.54. The molecule has 0 bridgehead atoms. The van der Waals surface area contributed by atoms with Crippen LogP contribution in [0.25, 0.3) is 0 Å². The molecule has 1 aromatic rings. The summed E-state index contributed by atoms with van der Waals surface area (Å²) in [6.07, 6.45) is 0.630. The fourth-order valence-electron chi connectivity index (χ4n) is 3.15. The molecule has 0 fully saturated rings. The molecule has 0 aliphatic rings. The van der Waals surface area contributed by atoms with Crippen molar-refractivity contribution in [1.29, 1.82) is 0 Å². The van der Waals surface area contributed by atoms with Crippen molar-refractivity contribution in [3.05, 3.63) is 28.7 Å². The number of halogens is 1. The SMILES string of the molecule is CC(C)C[C@@H](NC(=O)Nc1ccc(Br)cc1)C(=O)NC(C)(CC(C)(C)C)C(=O)O. The van der Waals surface area contributed by atoms with E-state index in [2.05, 4.69) is 31.9 Å². The molecule has 0 aliphatic carbocycles. The molecule has 2 atom stereocenters. The Morgan fingerprint density at radius 1 is 1.07 bits per heavy atom. The minimum atomic E-state index is -1.44. The Morgan fingerprint density at radius 3 is 2.07 bits per heavy atom. The standard InChI is InChI=1S/C21H32BrN3O4/c1-13(2)11-16(24-19(29)23-15-9-7-14(22)8-10-15)17(26)25-21(6,18(27)28)12-20(3,4)5/h7-10,13,16H,11-12H2,1-6H3,(H,25,26)(H,27,28)(H2,23,24,29)/t16-,21?/m1/s1. The van der Waals surface area contributed by atoms with E-state index in [0.29, 0.717) is 12.1 Å². The molecule has 7 nitrogen and oxygen atoms in total. The predicted molar refractivity (Wildman–Crippen MR) is 118 cm³/mol. The first-order chi connectivity index (χ1) is 13.2. The largest absolute Gasteiger partial charge is 0.480 e. The van der Waals surface area contributed by atoms with Crippen molar-refractivity contribution in [2.45, 2.75) is 66.0 Å². The topological polar surface area (TPSA) is 108 Å². The van der Waals surface area contributed by atoms with Crippen molar-refractivity contribution in [1.82, 2.24) is 10.6 Å². The Bertz CT molecular complexity index is 728. The summed E-state index contributed by atoms with van der Waals surface area (Å²) < 4.78 is 0.882. The molecule has 4 N–H and O–H groups in total. The van der Waals surface area contributed by atoms with Crippen LogP contribution in [-0.4, -0.2) is 34.6 Å². The smallest absolute Gasteiger partial charge is 0.329 e. The number of nitrogens with one attached hydrogen (secondary N) is 3. The average molecular weight is 470 g/mol. The van der Waals surface area contributed by atoms with Gasteiger partial charge in [0.2, 0.25) is 5.91 Å². The number of carbonyl (C=O) groups excluding carboxylic acids is 2. The lowest BCUT2D eigenvalue weighted by atomic mass is 9.80. The zero-order valence-corrected chi connectivity index (χ0v) is 19.5. The number of urea groups is 1. The Labute approximate surface area is 181 Å². The van der Waals surface area contributed by atoms with Gasteiger partial charge in [-0.1, -0.05) is 50.5 Å². The van der Waals surface area contributed by atoms with E-state index in [1.54, 1.807) is 24.3 Å². The van der Waals surface area contributed by atoms with Crippen LogP contribution in [-0.2, 0) is 9.59 Å². The van der Waals surface area contributed by atoms with Crippen molar-refractivity contribution in [2.75, 3.05) is 5.32 Å². The fraction of sp³-hybridized carbons (Fsp3) is 0.571. The monoisotopic (exact) mass is 469 g/mol. The van der Waals surface area contributed by atoms with Gasteiger partial charge in [-0.05, 0) is 55.4 Å². The number of carboxylic acid groups (broad SMARTS) is 1. The summed E-state index contributed by atoms with van der Waals surface area (Å²) in [6, 6.07) is 5.65. The fourth-order valence-corrected chi connectivity index (χ4v) is 3.42. The van der Waals surface area contributed by atoms with Gasteiger partial charge in [0.1, 0.15) is 11.6 Å². The normalized spacial score (nSPS) is 14.6. The van der Waals surface area contributed by atoms with Gasteiger partial charge >= 0.3 is 12.0 Å². The molecular weight excluding hydrogens is 438 g/mol. The third kappa shape index (κ3) is 8.85. The second-order valence-electron chi connectivity index (χ2n) is 9.15. The number of anilines is 1. The third-order valence-corrected chi connectivity index (χ3v) is 4.71. The molecular formula is C21H32BrN3O4. The first-order valence-corrected chi connectivity index (χ1v) is 10.4. The number of rotatable bonds is 8. The predicted octanol–water partition coefficient (Wildman–Crippen LogP) is 4.38. The highest BCUT2D eigenvalue weighted by atomic mass is 79.9. The summed E-state index contributed by atoms with van der Waals surface area (Å²) >= 11 is 3.33. The molecule has 3 amide bonds. The zero-order chi connectivity index (χ0) is 22.4. The summed E-state index contributed by atoms with van der Waals surface area (Å²) in [6.45, 7) is 11.1. The van der Waals surface area contributed by atoms with Gasteiger partial charge in [-0.3, -0.25) is 4.79 Å². The molecule has 29 heavy (non-hydrogen) atoms. The maximum atomic E-state index is 12.9. The maximum Gasteiger partial charge on any atom is 0.329 e. The molecule has 0 heterocycles. The number of carboxylic acids is 1. The lowest BCUT2D eigenvalue weighted by molar-refractivity contribution is -0.148. The zero-order valence-electron chi connectivity index (χ0n) is 17.9. The lowest BCUT2D eigenvalue weighted by Crippen LogP contribution is -2.59.